The molecule has 1 aliphatic heterocycles. The number of thioether (sulfide) groups is 1. The molecule has 0 aromatic heterocycles. The van der Waals surface area contributed by atoms with E-state index in [-0.39, 0.29) is 29.4 Å². The van der Waals surface area contributed by atoms with Crippen molar-refractivity contribution >= 4 is 29.6 Å². The van der Waals surface area contributed by atoms with Crippen LogP contribution in [-0.2, 0) is 9.59 Å². The van der Waals surface area contributed by atoms with Crippen molar-refractivity contribution in [2.75, 3.05) is 51.8 Å². The van der Waals surface area contributed by atoms with Crippen LogP contribution in [0.15, 0.2) is 0 Å². The van der Waals surface area contributed by atoms with Gasteiger partial charge in [-0.25, -0.2) is 4.79 Å². The number of urea groups is 1. The molecule has 0 aliphatic carbocycles. The first-order valence-corrected chi connectivity index (χ1v) is 7.75. The van der Waals surface area contributed by atoms with E-state index in [1.807, 2.05) is 0 Å². The second kappa shape index (κ2) is 8.68. The highest BCUT2D eigenvalue weighted by atomic mass is 32.2. The van der Waals surface area contributed by atoms with Crippen molar-refractivity contribution < 1.29 is 14.4 Å². The minimum atomic E-state index is -0.114. The summed E-state index contributed by atoms with van der Waals surface area (Å²) in [6, 6.07) is 0.0134. The van der Waals surface area contributed by atoms with Crippen LogP contribution >= 0.6 is 11.8 Å². The fraction of sp³-hybridized carbons (Fsp3) is 0.750. The van der Waals surface area contributed by atoms with Gasteiger partial charge in [-0.1, -0.05) is 0 Å². The summed E-state index contributed by atoms with van der Waals surface area (Å²) < 4.78 is 0. The van der Waals surface area contributed by atoms with Crippen molar-refractivity contribution in [2.45, 2.75) is 6.42 Å². The van der Waals surface area contributed by atoms with Gasteiger partial charge >= 0.3 is 6.03 Å². The second-order valence-electron chi connectivity index (χ2n) is 4.56. The molecular formula is C12H22N4O3S. The van der Waals surface area contributed by atoms with E-state index in [1.54, 1.807) is 23.9 Å². The standard InChI is InChI=1S/C12H22N4O3S/c1-13-10(17)8-20-9-11(18)14-4-7-16-6-3-5-15(2)12(16)19/h3-9H2,1-2H3,(H,13,17)(H,14,18). The zero-order valence-electron chi connectivity index (χ0n) is 12.0. The first kappa shape index (κ1) is 16.6. The number of rotatable bonds is 7. The van der Waals surface area contributed by atoms with Gasteiger partial charge in [0.25, 0.3) is 0 Å². The summed E-state index contributed by atoms with van der Waals surface area (Å²) in [6.07, 6.45) is 0.957. The van der Waals surface area contributed by atoms with Gasteiger partial charge in [-0.15, -0.1) is 11.8 Å². The van der Waals surface area contributed by atoms with Crippen molar-refractivity contribution in [1.29, 1.82) is 0 Å². The number of amides is 4. The molecule has 114 valence electrons. The predicted octanol–water partition coefficient (Wildman–Crippen LogP) is -0.661. The molecule has 1 saturated heterocycles. The quantitative estimate of drug-likeness (QED) is 0.654. The number of hydrogen-bond donors (Lipinski definition) is 2. The van der Waals surface area contributed by atoms with Gasteiger partial charge in [0.05, 0.1) is 11.5 Å². The lowest BCUT2D eigenvalue weighted by Gasteiger charge is -2.33. The Morgan fingerprint density at radius 2 is 1.95 bits per heavy atom. The Labute approximate surface area is 123 Å². The van der Waals surface area contributed by atoms with E-state index >= 15 is 0 Å². The summed E-state index contributed by atoms with van der Waals surface area (Å²) in [5.74, 6) is 0.321. The molecule has 1 rings (SSSR count). The molecule has 4 amide bonds. The van der Waals surface area contributed by atoms with Gasteiger partial charge in [0.15, 0.2) is 0 Å². The third kappa shape index (κ3) is 5.68. The second-order valence-corrected chi connectivity index (χ2v) is 5.55. The third-order valence-corrected chi connectivity index (χ3v) is 3.90. The third-order valence-electron chi connectivity index (χ3n) is 2.97. The molecule has 0 saturated carbocycles. The molecule has 0 aromatic rings. The highest BCUT2D eigenvalue weighted by Gasteiger charge is 2.21. The molecule has 0 atom stereocenters. The molecular weight excluding hydrogens is 280 g/mol. The zero-order valence-corrected chi connectivity index (χ0v) is 12.8. The van der Waals surface area contributed by atoms with Gasteiger partial charge in [-0.05, 0) is 6.42 Å². The minimum absolute atomic E-state index is 0.0134. The Kier molecular flexibility index (Phi) is 7.21. The molecule has 20 heavy (non-hydrogen) atoms. The summed E-state index contributed by atoms with van der Waals surface area (Å²) in [6.45, 7) is 2.50. The highest BCUT2D eigenvalue weighted by Crippen LogP contribution is 2.05. The molecule has 7 nitrogen and oxygen atoms in total. The normalized spacial score (nSPS) is 15.2. The van der Waals surface area contributed by atoms with Gasteiger partial charge in [-0.2, -0.15) is 0 Å². The Bertz CT molecular complexity index is 365. The number of carbonyl (C=O) groups excluding carboxylic acids is 3. The SMILES string of the molecule is CNC(=O)CSCC(=O)NCCN1CCCN(C)C1=O. The van der Waals surface area contributed by atoms with Crippen LogP contribution in [0.2, 0.25) is 0 Å². The summed E-state index contributed by atoms with van der Waals surface area (Å²) in [4.78, 5) is 37.7. The predicted molar refractivity (Wildman–Crippen MR) is 78.6 cm³/mol. The van der Waals surface area contributed by atoms with E-state index in [0.717, 1.165) is 19.5 Å². The highest BCUT2D eigenvalue weighted by molar-refractivity contribution is 8.00. The van der Waals surface area contributed by atoms with Crippen LogP contribution in [0.5, 0.6) is 0 Å². The lowest BCUT2D eigenvalue weighted by Crippen LogP contribution is -2.49. The van der Waals surface area contributed by atoms with Crippen molar-refractivity contribution in [2.24, 2.45) is 0 Å². The van der Waals surface area contributed by atoms with E-state index in [0.29, 0.717) is 13.1 Å². The Balaban J connectivity index is 2.12. The topological polar surface area (TPSA) is 81.8 Å². The van der Waals surface area contributed by atoms with Crippen molar-refractivity contribution in [1.82, 2.24) is 20.4 Å². The molecule has 0 unspecified atom stereocenters. The van der Waals surface area contributed by atoms with Gasteiger partial charge in [0.2, 0.25) is 11.8 Å². The first-order chi connectivity index (χ1) is 9.54. The van der Waals surface area contributed by atoms with Crippen LogP contribution in [0.1, 0.15) is 6.42 Å². The number of carbonyl (C=O) groups is 3. The van der Waals surface area contributed by atoms with Gasteiger partial charge < -0.3 is 20.4 Å². The summed E-state index contributed by atoms with van der Waals surface area (Å²) >= 11 is 1.27. The first-order valence-electron chi connectivity index (χ1n) is 6.59. The monoisotopic (exact) mass is 302 g/mol. The molecule has 0 aromatic carbocycles. The van der Waals surface area contributed by atoms with Crippen LogP contribution in [0, 0.1) is 0 Å². The summed E-state index contributed by atoms with van der Waals surface area (Å²) in [7, 11) is 3.35. The number of hydrogen-bond acceptors (Lipinski definition) is 4. The summed E-state index contributed by atoms with van der Waals surface area (Å²) in [5, 5.41) is 5.25. The minimum Gasteiger partial charge on any atom is -0.358 e. The summed E-state index contributed by atoms with van der Waals surface area (Å²) in [5.41, 5.74) is 0. The molecule has 0 bridgehead atoms. The van der Waals surface area contributed by atoms with Crippen LogP contribution in [0.4, 0.5) is 4.79 Å². The van der Waals surface area contributed by atoms with Crippen molar-refractivity contribution in [3.8, 4) is 0 Å². The van der Waals surface area contributed by atoms with E-state index in [2.05, 4.69) is 10.6 Å². The Morgan fingerprint density at radius 3 is 2.65 bits per heavy atom. The Morgan fingerprint density at radius 1 is 1.25 bits per heavy atom. The zero-order chi connectivity index (χ0) is 15.0. The fourth-order valence-corrected chi connectivity index (χ4v) is 2.55. The Hall–Kier alpha value is -1.44. The molecule has 1 fully saturated rings. The maximum Gasteiger partial charge on any atom is 0.319 e. The average Bonchev–Trinajstić information content (AvgIpc) is 2.43. The molecule has 0 radical (unpaired) electrons. The van der Waals surface area contributed by atoms with Crippen molar-refractivity contribution in [3.05, 3.63) is 0 Å². The number of nitrogens with zero attached hydrogens (tertiary/aromatic N) is 2. The van der Waals surface area contributed by atoms with E-state index in [4.69, 9.17) is 0 Å². The van der Waals surface area contributed by atoms with Gasteiger partial charge in [0.1, 0.15) is 0 Å². The van der Waals surface area contributed by atoms with Crippen LogP contribution < -0.4 is 10.6 Å². The average molecular weight is 302 g/mol. The molecule has 8 heteroatoms. The molecule has 2 N–H and O–H groups in total. The molecule has 0 spiro atoms. The van der Waals surface area contributed by atoms with Crippen LogP contribution in [0.25, 0.3) is 0 Å². The lowest BCUT2D eigenvalue weighted by molar-refractivity contribution is -0.118. The fourth-order valence-electron chi connectivity index (χ4n) is 1.83. The van der Waals surface area contributed by atoms with E-state index in [1.165, 1.54) is 11.8 Å². The van der Waals surface area contributed by atoms with Crippen molar-refractivity contribution in [3.63, 3.8) is 0 Å². The molecule has 1 aliphatic rings. The van der Waals surface area contributed by atoms with Gasteiger partial charge in [0, 0.05) is 40.3 Å². The molecule has 1 heterocycles. The van der Waals surface area contributed by atoms with E-state index < -0.39 is 0 Å². The maximum absolute atomic E-state index is 11.8. The maximum atomic E-state index is 11.8. The number of nitrogens with one attached hydrogen (secondary N) is 2. The van der Waals surface area contributed by atoms with E-state index in [9.17, 15) is 14.4 Å². The van der Waals surface area contributed by atoms with Crippen LogP contribution in [-0.4, -0.2) is 79.4 Å². The van der Waals surface area contributed by atoms with Gasteiger partial charge in [-0.3, -0.25) is 9.59 Å². The lowest BCUT2D eigenvalue weighted by atomic mass is 10.3. The largest absolute Gasteiger partial charge is 0.358 e. The smallest absolute Gasteiger partial charge is 0.319 e. The van der Waals surface area contributed by atoms with Crippen LogP contribution in [0.3, 0.4) is 0 Å².